The van der Waals surface area contributed by atoms with Gasteiger partial charge in [0.15, 0.2) is 5.65 Å². The standard InChI is InChI=1S/C16H18N4/c1-10(2)14-9-18-20-12(4)6-15(19-16(14)20)13-5-11(3)7-17-8-13/h5-10H,1-4H3. The number of hydrogen-bond donors (Lipinski definition) is 0. The molecule has 0 aromatic carbocycles. The number of rotatable bonds is 2. The van der Waals surface area contributed by atoms with Crippen molar-refractivity contribution in [1.29, 1.82) is 0 Å². The maximum atomic E-state index is 4.79. The van der Waals surface area contributed by atoms with Crippen molar-refractivity contribution in [3.8, 4) is 11.3 Å². The molecule has 102 valence electrons. The van der Waals surface area contributed by atoms with Crippen LogP contribution in [0.5, 0.6) is 0 Å². The second-order valence-corrected chi connectivity index (χ2v) is 5.52. The molecule has 20 heavy (non-hydrogen) atoms. The van der Waals surface area contributed by atoms with Crippen LogP contribution < -0.4 is 0 Å². The topological polar surface area (TPSA) is 43.1 Å². The minimum Gasteiger partial charge on any atom is -0.264 e. The first-order valence-corrected chi connectivity index (χ1v) is 6.83. The highest BCUT2D eigenvalue weighted by Crippen LogP contribution is 2.24. The first-order valence-electron chi connectivity index (χ1n) is 6.83. The van der Waals surface area contributed by atoms with Crippen molar-refractivity contribution in [2.75, 3.05) is 0 Å². The molecule has 3 aromatic rings. The van der Waals surface area contributed by atoms with Gasteiger partial charge < -0.3 is 0 Å². The molecule has 0 spiro atoms. The molecular formula is C16H18N4. The quantitative estimate of drug-likeness (QED) is 0.712. The van der Waals surface area contributed by atoms with Gasteiger partial charge >= 0.3 is 0 Å². The van der Waals surface area contributed by atoms with Crippen LogP contribution in [0, 0.1) is 13.8 Å². The lowest BCUT2D eigenvalue weighted by atomic mass is 10.1. The zero-order chi connectivity index (χ0) is 14.3. The average molecular weight is 266 g/mol. The van der Waals surface area contributed by atoms with Crippen molar-refractivity contribution >= 4 is 5.65 Å². The molecule has 0 radical (unpaired) electrons. The second-order valence-electron chi connectivity index (χ2n) is 5.52. The summed E-state index contributed by atoms with van der Waals surface area (Å²) in [6, 6.07) is 4.16. The molecule has 3 heterocycles. The zero-order valence-corrected chi connectivity index (χ0v) is 12.3. The number of aryl methyl sites for hydroxylation is 2. The molecule has 0 saturated heterocycles. The SMILES string of the molecule is Cc1cncc(-c2cc(C)n3ncc(C(C)C)c3n2)c1. The maximum Gasteiger partial charge on any atom is 0.159 e. The Morgan fingerprint density at radius 2 is 1.85 bits per heavy atom. The van der Waals surface area contributed by atoms with Gasteiger partial charge in [-0.05, 0) is 37.5 Å². The van der Waals surface area contributed by atoms with Crippen LogP contribution in [0.25, 0.3) is 16.9 Å². The summed E-state index contributed by atoms with van der Waals surface area (Å²) in [5, 5.41) is 4.43. The van der Waals surface area contributed by atoms with Crippen LogP contribution in [0.15, 0.2) is 30.7 Å². The fourth-order valence-corrected chi connectivity index (χ4v) is 2.38. The van der Waals surface area contributed by atoms with E-state index in [9.17, 15) is 0 Å². The monoisotopic (exact) mass is 266 g/mol. The van der Waals surface area contributed by atoms with E-state index in [4.69, 9.17) is 4.98 Å². The van der Waals surface area contributed by atoms with Gasteiger partial charge in [0, 0.05) is 29.2 Å². The fraction of sp³-hybridized carbons (Fsp3) is 0.312. The summed E-state index contributed by atoms with van der Waals surface area (Å²) in [5.41, 5.74) is 6.34. The summed E-state index contributed by atoms with van der Waals surface area (Å²) < 4.78 is 1.90. The smallest absolute Gasteiger partial charge is 0.159 e. The molecule has 0 saturated carbocycles. The summed E-state index contributed by atoms with van der Waals surface area (Å²) in [5.74, 6) is 0.408. The number of fused-ring (bicyclic) bond motifs is 1. The zero-order valence-electron chi connectivity index (χ0n) is 12.3. The number of nitrogens with zero attached hydrogens (tertiary/aromatic N) is 4. The van der Waals surface area contributed by atoms with Crippen LogP contribution in [0.1, 0.15) is 36.6 Å². The third-order valence-electron chi connectivity index (χ3n) is 3.47. The van der Waals surface area contributed by atoms with Gasteiger partial charge in [-0.2, -0.15) is 5.10 Å². The van der Waals surface area contributed by atoms with Crippen LogP contribution in [0.3, 0.4) is 0 Å². The van der Waals surface area contributed by atoms with E-state index in [0.717, 1.165) is 28.2 Å². The molecule has 3 rings (SSSR count). The highest BCUT2D eigenvalue weighted by molar-refractivity contribution is 5.63. The van der Waals surface area contributed by atoms with E-state index in [1.54, 1.807) is 0 Å². The number of pyridine rings is 1. The predicted molar refractivity (Wildman–Crippen MR) is 79.8 cm³/mol. The molecule has 0 fully saturated rings. The molecular weight excluding hydrogens is 248 g/mol. The third-order valence-corrected chi connectivity index (χ3v) is 3.47. The Hall–Kier alpha value is -2.23. The molecule has 0 unspecified atom stereocenters. The van der Waals surface area contributed by atoms with E-state index in [0.29, 0.717) is 5.92 Å². The van der Waals surface area contributed by atoms with Crippen LogP contribution >= 0.6 is 0 Å². The number of hydrogen-bond acceptors (Lipinski definition) is 3. The van der Waals surface area contributed by atoms with Crippen molar-refractivity contribution in [2.24, 2.45) is 0 Å². The Labute approximate surface area is 118 Å². The lowest BCUT2D eigenvalue weighted by molar-refractivity contribution is 0.870. The van der Waals surface area contributed by atoms with Crippen molar-refractivity contribution < 1.29 is 0 Å². The van der Waals surface area contributed by atoms with Crippen LogP contribution in [0.4, 0.5) is 0 Å². The minimum atomic E-state index is 0.408. The highest BCUT2D eigenvalue weighted by atomic mass is 15.3. The fourth-order valence-electron chi connectivity index (χ4n) is 2.38. The third kappa shape index (κ3) is 2.07. The van der Waals surface area contributed by atoms with E-state index in [1.807, 2.05) is 30.0 Å². The summed E-state index contributed by atoms with van der Waals surface area (Å²) in [7, 11) is 0. The van der Waals surface area contributed by atoms with Gasteiger partial charge in [0.25, 0.3) is 0 Å². The van der Waals surface area contributed by atoms with Crippen molar-refractivity contribution in [1.82, 2.24) is 19.6 Å². The summed E-state index contributed by atoms with van der Waals surface area (Å²) in [6.07, 6.45) is 5.63. The molecule has 0 aliphatic heterocycles. The van der Waals surface area contributed by atoms with Gasteiger partial charge in [-0.3, -0.25) is 4.98 Å². The predicted octanol–water partition coefficient (Wildman–Crippen LogP) is 3.53. The van der Waals surface area contributed by atoms with Crippen LogP contribution in [-0.4, -0.2) is 19.6 Å². The van der Waals surface area contributed by atoms with E-state index in [2.05, 4.69) is 43.0 Å². The maximum absolute atomic E-state index is 4.79. The molecule has 3 aromatic heterocycles. The van der Waals surface area contributed by atoms with Crippen LogP contribution in [0.2, 0.25) is 0 Å². The first-order chi connectivity index (χ1) is 9.56. The Morgan fingerprint density at radius 3 is 2.55 bits per heavy atom. The summed E-state index contributed by atoms with van der Waals surface area (Å²) in [4.78, 5) is 9.04. The Kier molecular flexibility index (Phi) is 3.01. The molecule has 0 aliphatic carbocycles. The van der Waals surface area contributed by atoms with Gasteiger partial charge in [0.2, 0.25) is 0 Å². The highest BCUT2D eigenvalue weighted by Gasteiger charge is 2.13. The first kappa shape index (κ1) is 12.8. The van der Waals surface area contributed by atoms with Gasteiger partial charge in [-0.15, -0.1) is 0 Å². The van der Waals surface area contributed by atoms with Crippen molar-refractivity contribution in [3.63, 3.8) is 0 Å². The molecule has 0 atom stereocenters. The lowest BCUT2D eigenvalue weighted by Gasteiger charge is -2.07. The van der Waals surface area contributed by atoms with E-state index in [-0.39, 0.29) is 0 Å². The van der Waals surface area contributed by atoms with E-state index >= 15 is 0 Å². The van der Waals surface area contributed by atoms with Crippen molar-refractivity contribution in [3.05, 3.63) is 47.5 Å². The lowest BCUT2D eigenvalue weighted by Crippen LogP contribution is -1.99. The number of aromatic nitrogens is 4. The van der Waals surface area contributed by atoms with Crippen LogP contribution in [-0.2, 0) is 0 Å². The van der Waals surface area contributed by atoms with E-state index < -0.39 is 0 Å². The molecule has 0 aliphatic rings. The molecule has 0 N–H and O–H groups in total. The van der Waals surface area contributed by atoms with Gasteiger partial charge in [0.05, 0.1) is 11.9 Å². The van der Waals surface area contributed by atoms with Gasteiger partial charge in [-0.1, -0.05) is 13.8 Å². The van der Waals surface area contributed by atoms with Gasteiger partial charge in [0.1, 0.15) is 0 Å². The molecule has 4 nitrogen and oxygen atoms in total. The average Bonchev–Trinajstić information content (AvgIpc) is 2.83. The normalized spacial score (nSPS) is 11.4. The molecule has 4 heteroatoms. The Bertz CT molecular complexity index is 771. The Morgan fingerprint density at radius 1 is 1.05 bits per heavy atom. The van der Waals surface area contributed by atoms with Gasteiger partial charge in [-0.25, -0.2) is 9.50 Å². The minimum absolute atomic E-state index is 0.408. The van der Waals surface area contributed by atoms with Crippen molar-refractivity contribution in [2.45, 2.75) is 33.6 Å². The summed E-state index contributed by atoms with van der Waals surface area (Å²) in [6.45, 7) is 8.42. The summed E-state index contributed by atoms with van der Waals surface area (Å²) >= 11 is 0. The molecule has 0 bridgehead atoms. The largest absolute Gasteiger partial charge is 0.264 e. The second kappa shape index (κ2) is 4.71. The molecule has 0 amide bonds. The Balaban J connectivity index is 2.25. The van der Waals surface area contributed by atoms with E-state index in [1.165, 1.54) is 5.56 Å².